The second-order valence-corrected chi connectivity index (χ2v) is 8.06. The van der Waals surface area contributed by atoms with Gasteiger partial charge in [0.1, 0.15) is 11.1 Å². The minimum absolute atomic E-state index is 0.196. The molecule has 0 unspecified atom stereocenters. The van der Waals surface area contributed by atoms with Gasteiger partial charge in [-0.1, -0.05) is 66.4 Å². The second kappa shape index (κ2) is 8.05. The van der Waals surface area contributed by atoms with Gasteiger partial charge in [-0.25, -0.2) is 0 Å². The van der Waals surface area contributed by atoms with Crippen molar-refractivity contribution in [3.05, 3.63) is 93.8 Å². The van der Waals surface area contributed by atoms with Crippen molar-refractivity contribution in [2.75, 3.05) is 6.54 Å². The Kier molecular flexibility index (Phi) is 5.31. The van der Waals surface area contributed by atoms with Crippen LogP contribution in [0.1, 0.15) is 22.2 Å². The van der Waals surface area contributed by atoms with E-state index in [1.165, 1.54) is 11.8 Å². The van der Waals surface area contributed by atoms with Crippen LogP contribution in [-0.2, 0) is 0 Å². The quantitative estimate of drug-likeness (QED) is 0.252. The molecule has 4 aromatic rings. The third-order valence-corrected chi connectivity index (χ3v) is 5.95. The Hall–Kier alpha value is -3.19. The number of nitrogens with zero attached hydrogens (tertiary/aromatic N) is 4. The summed E-state index contributed by atoms with van der Waals surface area (Å²) in [4.78, 5) is 11.2. The van der Waals surface area contributed by atoms with E-state index in [4.69, 9.17) is 0 Å². The van der Waals surface area contributed by atoms with Gasteiger partial charge in [0.25, 0.3) is 0 Å². The van der Waals surface area contributed by atoms with E-state index in [0.717, 1.165) is 33.4 Å². The van der Waals surface area contributed by atoms with Gasteiger partial charge in [0.05, 0.1) is 0 Å². The van der Waals surface area contributed by atoms with Crippen molar-refractivity contribution in [2.24, 2.45) is 0 Å². The molecule has 0 spiro atoms. The Balaban J connectivity index is 1.78. The number of aromatic nitrogens is 3. The summed E-state index contributed by atoms with van der Waals surface area (Å²) in [5.41, 5.74) is 3.01. The average molecular weight is 404 g/mol. The lowest BCUT2D eigenvalue weighted by Gasteiger charge is -2.16. The van der Waals surface area contributed by atoms with Crippen LogP contribution in [0.4, 0.5) is 0 Å². The maximum absolute atomic E-state index is 11.5. The average Bonchev–Trinajstić information content (AvgIpc) is 3.07. The predicted molar refractivity (Wildman–Crippen MR) is 115 cm³/mol. The molecule has 146 valence electrons. The first-order valence-electron chi connectivity index (χ1n) is 9.28. The van der Waals surface area contributed by atoms with E-state index in [1.54, 1.807) is 0 Å². The fourth-order valence-corrected chi connectivity index (χ4v) is 4.69. The summed E-state index contributed by atoms with van der Waals surface area (Å²) < 4.78 is 1.95. The van der Waals surface area contributed by atoms with Crippen molar-refractivity contribution >= 4 is 22.5 Å². The van der Waals surface area contributed by atoms with Crippen molar-refractivity contribution in [3.63, 3.8) is 0 Å². The monoisotopic (exact) mass is 404 g/mol. The topological polar surface area (TPSA) is 73.8 Å². The van der Waals surface area contributed by atoms with Crippen molar-refractivity contribution in [3.8, 4) is 5.69 Å². The first kappa shape index (κ1) is 19.1. The predicted octanol–water partition coefficient (Wildman–Crippen LogP) is 5.15. The Morgan fingerprint density at radius 3 is 2.59 bits per heavy atom. The lowest BCUT2D eigenvalue weighted by atomic mass is 10.0. The Morgan fingerprint density at radius 1 is 1.03 bits per heavy atom. The summed E-state index contributed by atoms with van der Waals surface area (Å²) in [6.07, 6.45) is 0. The lowest BCUT2D eigenvalue weighted by molar-refractivity contribution is -0.479. The minimum atomic E-state index is -0.386. The number of hydrogen-bond donors (Lipinski definition) is 0. The molecule has 0 N–H and O–H groups in total. The fourth-order valence-electron chi connectivity index (χ4n) is 3.48. The zero-order valence-electron chi connectivity index (χ0n) is 16.1. The van der Waals surface area contributed by atoms with Crippen LogP contribution in [0.25, 0.3) is 16.5 Å². The van der Waals surface area contributed by atoms with Crippen molar-refractivity contribution in [2.45, 2.75) is 24.3 Å². The van der Waals surface area contributed by atoms with E-state index in [-0.39, 0.29) is 16.7 Å². The highest BCUT2D eigenvalue weighted by Gasteiger charge is 2.25. The Labute approximate surface area is 172 Å². The first-order chi connectivity index (χ1) is 14.0. The van der Waals surface area contributed by atoms with Gasteiger partial charge in [0.2, 0.25) is 6.54 Å². The van der Waals surface area contributed by atoms with Crippen LogP contribution in [0.3, 0.4) is 0 Å². The van der Waals surface area contributed by atoms with Crippen molar-refractivity contribution in [1.29, 1.82) is 0 Å². The number of rotatable bonds is 6. The summed E-state index contributed by atoms with van der Waals surface area (Å²) in [7, 11) is 0. The molecule has 3 aromatic carbocycles. The summed E-state index contributed by atoms with van der Waals surface area (Å²) in [5.74, 6) is 0.746. The molecule has 1 aromatic heterocycles. The molecule has 0 radical (unpaired) electrons. The van der Waals surface area contributed by atoms with Gasteiger partial charge in [0.15, 0.2) is 5.16 Å². The molecule has 0 bridgehead atoms. The molecule has 1 atom stereocenters. The summed E-state index contributed by atoms with van der Waals surface area (Å²) in [5, 5.41) is 22.4. The molecule has 29 heavy (non-hydrogen) atoms. The number of aryl methyl sites for hydroxylation is 2. The largest absolute Gasteiger partial charge is 0.274 e. The molecule has 1 heterocycles. The molecule has 7 heteroatoms. The number of nitro groups is 1. The molecule has 0 amide bonds. The van der Waals surface area contributed by atoms with Gasteiger partial charge >= 0.3 is 0 Å². The van der Waals surface area contributed by atoms with E-state index in [1.807, 2.05) is 79.1 Å². The highest BCUT2D eigenvalue weighted by molar-refractivity contribution is 7.99. The fraction of sp³-hybridized carbons (Fsp3) is 0.182. The maximum atomic E-state index is 11.5. The number of thioether (sulfide) groups is 1. The molecule has 0 aliphatic rings. The van der Waals surface area contributed by atoms with Crippen molar-refractivity contribution in [1.82, 2.24) is 14.8 Å². The minimum Gasteiger partial charge on any atom is -0.274 e. The standard InChI is InChI=1S/C22H20N4O2S/c1-15-7-5-10-18(13-15)26-16(2)23-24-22(26)29-21(14-25(27)28)20-12-6-9-17-8-3-4-11-19(17)20/h3-13,21H,14H2,1-2H3/t21-/m1/s1. The van der Waals surface area contributed by atoms with Gasteiger partial charge in [-0.2, -0.15) is 0 Å². The van der Waals surface area contributed by atoms with Crippen LogP contribution in [0.15, 0.2) is 71.9 Å². The first-order valence-corrected chi connectivity index (χ1v) is 10.2. The Bertz CT molecular complexity index is 1180. The lowest BCUT2D eigenvalue weighted by Crippen LogP contribution is -2.11. The molecule has 6 nitrogen and oxygen atoms in total. The smallest absolute Gasteiger partial charge is 0.220 e. The van der Waals surface area contributed by atoms with Gasteiger partial charge in [-0.3, -0.25) is 14.7 Å². The maximum Gasteiger partial charge on any atom is 0.220 e. The zero-order chi connectivity index (χ0) is 20.4. The Morgan fingerprint density at radius 2 is 1.79 bits per heavy atom. The highest BCUT2D eigenvalue weighted by atomic mass is 32.2. The van der Waals surface area contributed by atoms with Crippen LogP contribution < -0.4 is 0 Å². The normalized spacial score (nSPS) is 12.2. The second-order valence-electron chi connectivity index (χ2n) is 6.89. The van der Waals surface area contributed by atoms with Crippen LogP contribution >= 0.6 is 11.8 Å². The molecule has 0 fully saturated rings. The summed E-state index contributed by atoms with van der Waals surface area (Å²) in [6.45, 7) is 3.72. The number of hydrogen-bond acceptors (Lipinski definition) is 5. The van der Waals surface area contributed by atoms with E-state index in [2.05, 4.69) is 16.3 Å². The zero-order valence-corrected chi connectivity index (χ0v) is 17.0. The van der Waals surface area contributed by atoms with Gasteiger partial charge in [0, 0.05) is 10.6 Å². The highest BCUT2D eigenvalue weighted by Crippen LogP contribution is 2.38. The summed E-state index contributed by atoms with van der Waals surface area (Å²) >= 11 is 1.38. The van der Waals surface area contributed by atoms with Crippen molar-refractivity contribution < 1.29 is 4.92 Å². The molecule has 4 rings (SSSR count). The van der Waals surface area contributed by atoms with Gasteiger partial charge < -0.3 is 0 Å². The molecule has 0 saturated heterocycles. The van der Waals surface area contributed by atoms with Gasteiger partial charge in [-0.05, 0) is 47.9 Å². The van der Waals surface area contributed by atoms with Crippen LogP contribution in [0.2, 0.25) is 0 Å². The number of benzene rings is 3. The summed E-state index contributed by atoms with van der Waals surface area (Å²) in [6, 6.07) is 21.9. The van der Waals surface area contributed by atoms with Crippen LogP contribution in [0.5, 0.6) is 0 Å². The third kappa shape index (κ3) is 4.00. The van der Waals surface area contributed by atoms with E-state index in [0.29, 0.717) is 5.16 Å². The van der Waals surface area contributed by atoms with E-state index in [9.17, 15) is 10.1 Å². The third-order valence-electron chi connectivity index (χ3n) is 4.79. The molecule has 0 aliphatic carbocycles. The molecule has 0 aliphatic heterocycles. The molecular weight excluding hydrogens is 384 g/mol. The van der Waals surface area contributed by atoms with E-state index >= 15 is 0 Å². The van der Waals surface area contributed by atoms with Crippen LogP contribution in [0, 0.1) is 24.0 Å². The molecule has 0 saturated carbocycles. The van der Waals surface area contributed by atoms with E-state index < -0.39 is 0 Å². The SMILES string of the molecule is Cc1cccc(-n2c(C)nnc2S[C@H](C[N+](=O)[O-])c2cccc3ccccc23)c1. The number of fused-ring (bicyclic) bond motifs is 1. The molecular formula is C22H20N4O2S. The van der Waals surface area contributed by atoms with Crippen LogP contribution in [-0.4, -0.2) is 26.2 Å². The van der Waals surface area contributed by atoms with Gasteiger partial charge in [-0.15, -0.1) is 10.2 Å².